The number of carbonyl (C=O) groups excluding carboxylic acids is 2. The molecule has 1 aromatic heterocycles. The van der Waals surface area contributed by atoms with Crippen LogP contribution in [0.2, 0.25) is 0 Å². The highest BCUT2D eigenvalue weighted by Crippen LogP contribution is 2.25. The Bertz CT molecular complexity index is 876. The molecule has 0 spiro atoms. The second-order valence-electron chi connectivity index (χ2n) is 5.75. The van der Waals surface area contributed by atoms with Crippen molar-refractivity contribution < 1.29 is 9.59 Å². The molecule has 1 saturated heterocycles. The van der Waals surface area contributed by atoms with Crippen LogP contribution in [0, 0.1) is 20.8 Å². The van der Waals surface area contributed by atoms with Crippen LogP contribution in [-0.2, 0) is 9.59 Å². The van der Waals surface area contributed by atoms with Crippen LogP contribution < -0.4 is 10.2 Å². The first kappa shape index (κ1) is 16.5. The number of benzene rings is 1. The number of carbonyl (C=O) groups is 2. The van der Waals surface area contributed by atoms with Crippen molar-refractivity contribution in [1.29, 1.82) is 0 Å². The molecule has 3 rings (SSSR count). The minimum Gasteiger partial charge on any atom is -0.298 e. The number of hydrogen-bond donors (Lipinski definition) is 1. The zero-order valence-electron chi connectivity index (χ0n) is 13.5. The van der Waals surface area contributed by atoms with Gasteiger partial charge in [-0.2, -0.15) is 0 Å². The summed E-state index contributed by atoms with van der Waals surface area (Å²) in [6.07, 6.45) is 1.62. The molecule has 0 aliphatic carbocycles. The first-order chi connectivity index (χ1) is 11.3. The van der Waals surface area contributed by atoms with Crippen LogP contribution >= 0.6 is 23.6 Å². The summed E-state index contributed by atoms with van der Waals surface area (Å²) in [5.74, 6) is -0.864. The van der Waals surface area contributed by atoms with E-state index in [1.54, 1.807) is 6.08 Å². The van der Waals surface area contributed by atoms with Gasteiger partial charge in [-0.15, -0.1) is 11.3 Å². The Morgan fingerprint density at radius 1 is 1.08 bits per heavy atom. The first-order valence-electron chi connectivity index (χ1n) is 7.41. The second-order valence-corrected chi connectivity index (χ2v) is 7.46. The second kappa shape index (κ2) is 6.30. The molecular weight excluding hydrogens is 340 g/mol. The number of hydrogen-bond acceptors (Lipinski definition) is 4. The summed E-state index contributed by atoms with van der Waals surface area (Å²) in [7, 11) is 0. The van der Waals surface area contributed by atoms with Gasteiger partial charge in [0.25, 0.3) is 11.8 Å². The molecule has 2 aromatic rings. The van der Waals surface area contributed by atoms with Crippen molar-refractivity contribution in [2.45, 2.75) is 20.8 Å². The zero-order valence-corrected chi connectivity index (χ0v) is 15.2. The van der Waals surface area contributed by atoms with Gasteiger partial charge in [-0.1, -0.05) is 6.07 Å². The quantitative estimate of drug-likeness (QED) is 0.509. The summed E-state index contributed by atoms with van der Waals surface area (Å²) in [5, 5.41) is 2.71. The van der Waals surface area contributed by atoms with E-state index in [1.165, 1.54) is 16.2 Å². The molecule has 0 radical (unpaired) electrons. The Labute approximate surface area is 149 Å². The maximum atomic E-state index is 12.9. The number of nitrogens with zero attached hydrogens (tertiary/aromatic N) is 1. The van der Waals surface area contributed by atoms with E-state index >= 15 is 0 Å². The Morgan fingerprint density at radius 3 is 2.33 bits per heavy atom. The van der Waals surface area contributed by atoms with Crippen LogP contribution in [0.15, 0.2) is 35.9 Å². The third kappa shape index (κ3) is 3.16. The molecule has 4 nitrogen and oxygen atoms in total. The van der Waals surface area contributed by atoms with Crippen molar-refractivity contribution in [3.05, 3.63) is 56.8 Å². The third-order valence-electron chi connectivity index (χ3n) is 3.61. The lowest BCUT2D eigenvalue weighted by molar-refractivity contribution is -0.122. The van der Waals surface area contributed by atoms with E-state index in [0.717, 1.165) is 20.9 Å². The molecule has 2 heterocycles. The van der Waals surface area contributed by atoms with E-state index in [4.69, 9.17) is 12.2 Å². The number of rotatable bonds is 2. The maximum Gasteiger partial charge on any atom is 0.270 e. The lowest BCUT2D eigenvalue weighted by atomic mass is 10.1. The monoisotopic (exact) mass is 356 g/mol. The van der Waals surface area contributed by atoms with Gasteiger partial charge in [0.15, 0.2) is 5.11 Å². The minimum atomic E-state index is -0.461. The molecular formula is C18H16N2O2S2. The van der Waals surface area contributed by atoms with Crippen molar-refractivity contribution in [3.63, 3.8) is 0 Å². The van der Waals surface area contributed by atoms with E-state index in [1.807, 2.05) is 51.1 Å². The van der Waals surface area contributed by atoms with Crippen LogP contribution in [0.4, 0.5) is 5.69 Å². The van der Waals surface area contributed by atoms with E-state index in [9.17, 15) is 9.59 Å². The number of thiophene rings is 1. The molecule has 1 N–H and O–H groups in total. The van der Waals surface area contributed by atoms with Crippen molar-refractivity contribution in [3.8, 4) is 0 Å². The number of thiocarbonyl (C=S) groups is 1. The summed E-state index contributed by atoms with van der Waals surface area (Å²) in [5.41, 5.74) is 2.80. The molecule has 0 unspecified atom stereocenters. The predicted octanol–water partition coefficient (Wildman–Crippen LogP) is 3.50. The van der Waals surface area contributed by atoms with Crippen molar-refractivity contribution >= 4 is 52.2 Å². The molecule has 0 saturated carbocycles. The first-order valence-corrected chi connectivity index (χ1v) is 8.64. The molecule has 1 aliphatic heterocycles. The molecule has 1 aliphatic rings. The van der Waals surface area contributed by atoms with Gasteiger partial charge in [0.05, 0.1) is 5.69 Å². The normalized spacial score (nSPS) is 16.7. The van der Waals surface area contributed by atoms with Gasteiger partial charge >= 0.3 is 0 Å². The lowest BCUT2D eigenvalue weighted by Gasteiger charge is -2.29. The Morgan fingerprint density at radius 2 is 1.75 bits per heavy atom. The average molecular weight is 356 g/mol. The lowest BCUT2D eigenvalue weighted by Crippen LogP contribution is -2.54. The van der Waals surface area contributed by atoms with E-state index in [0.29, 0.717) is 5.69 Å². The van der Waals surface area contributed by atoms with Gasteiger partial charge < -0.3 is 0 Å². The van der Waals surface area contributed by atoms with Gasteiger partial charge in [0, 0.05) is 9.75 Å². The third-order valence-corrected chi connectivity index (χ3v) is 4.85. The van der Waals surface area contributed by atoms with Gasteiger partial charge in [0.2, 0.25) is 0 Å². The molecule has 0 bridgehead atoms. The van der Waals surface area contributed by atoms with Crippen molar-refractivity contribution in [2.75, 3.05) is 4.90 Å². The average Bonchev–Trinajstić information content (AvgIpc) is 2.87. The highest BCUT2D eigenvalue weighted by atomic mass is 32.1. The SMILES string of the molecule is Cc1cc(C)cc(N2C(=O)/C(=C\c3ccc(C)s3)C(=O)NC2=S)c1. The number of nitrogens with one attached hydrogen (secondary N) is 1. The van der Waals surface area contributed by atoms with E-state index in [2.05, 4.69) is 5.32 Å². The molecule has 6 heteroatoms. The highest BCUT2D eigenvalue weighted by molar-refractivity contribution is 7.80. The van der Waals surface area contributed by atoms with Gasteiger partial charge in [-0.3, -0.25) is 19.8 Å². The Hall–Kier alpha value is -2.31. The summed E-state index contributed by atoms with van der Waals surface area (Å²) in [4.78, 5) is 28.5. The summed E-state index contributed by atoms with van der Waals surface area (Å²) < 4.78 is 0. The van der Waals surface area contributed by atoms with Crippen LogP contribution in [0.3, 0.4) is 0 Å². The van der Waals surface area contributed by atoms with Gasteiger partial charge in [-0.05, 0) is 74.5 Å². The number of aryl methyl sites for hydroxylation is 3. The largest absolute Gasteiger partial charge is 0.298 e. The van der Waals surface area contributed by atoms with Gasteiger partial charge in [-0.25, -0.2) is 0 Å². The standard InChI is InChI=1S/C18H16N2O2S2/c1-10-6-11(2)8-13(7-10)20-17(22)15(16(21)19-18(20)23)9-14-5-4-12(3)24-14/h4-9H,1-3H3,(H,19,21,23)/b15-9-. The highest BCUT2D eigenvalue weighted by Gasteiger charge is 2.34. The summed E-state index contributed by atoms with van der Waals surface area (Å²) in [6, 6.07) is 9.62. The summed E-state index contributed by atoms with van der Waals surface area (Å²) >= 11 is 6.75. The van der Waals surface area contributed by atoms with Gasteiger partial charge in [0.1, 0.15) is 5.57 Å². The van der Waals surface area contributed by atoms with Crippen LogP contribution in [0.25, 0.3) is 6.08 Å². The number of anilines is 1. The predicted molar refractivity (Wildman–Crippen MR) is 101 cm³/mol. The zero-order chi connectivity index (χ0) is 17.4. The minimum absolute atomic E-state index is 0.0876. The smallest absolute Gasteiger partial charge is 0.270 e. The fraction of sp³-hybridized carbons (Fsp3) is 0.167. The topological polar surface area (TPSA) is 49.4 Å². The van der Waals surface area contributed by atoms with Crippen LogP contribution in [0.1, 0.15) is 20.9 Å². The maximum absolute atomic E-state index is 12.9. The molecule has 24 heavy (non-hydrogen) atoms. The molecule has 122 valence electrons. The van der Waals surface area contributed by atoms with E-state index < -0.39 is 11.8 Å². The molecule has 1 aromatic carbocycles. The fourth-order valence-electron chi connectivity index (χ4n) is 2.64. The van der Waals surface area contributed by atoms with Crippen LogP contribution in [0.5, 0.6) is 0 Å². The Balaban J connectivity index is 2.04. The Kier molecular flexibility index (Phi) is 4.34. The molecule has 2 amide bonds. The van der Waals surface area contributed by atoms with Crippen molar-refractivity contribution in [2.24, 2.45) is 0 Å². The molecule has 1 fully saturated rings. The van der Waals surface area contributed by atoms with Crippen LogP contribution in [-0.4, -0.2) is 16.9 Å². The number of amides is 2. The van der Waals surface area contributed by atoms with Crippen molar-refractivity contribution in [1.82, 2.24) is 5.32 Å². The van der Waals surface area contributed by atoms with E-state index in [-0.39, 0.29) is 10.7 Å². The molecule has 0 atom stereocenters. The summed E-state index contributed by atoms with van der Waals surface area (Å²) in [6.45, 7) is 5.89. The fourth-order valence-corrected chi connectivity index (χ4v) is 3.75.